The van der Waals surface area contributed by atoms with Crippen LogP contribution in [-0.2, 0) is 11.3 Å². The summed E-state index contributed by atoms with van der Waals surface area (Å²) in [6.07, 6.45) is -0.0766. The van der Waals surface area contributed by atoms with Crippen molar-refractivity contribution in [3.8, 4) is 0 Å². The second kappa shape index (κ2) is 5.58. The predicted octanol–water partition coefficient (Wildman–Crippen LogP) is 1.52. The molecule has 1 aliphatic rings. The number of nitrogens with one attached hydrogen (secondary N) is 1. The Labute approximate surface area is 119 Å². The van der Waals surface area contributed by atoms with Crippen LogP contribution in [0.3, 0.4) is 0 Å². The Hall–Kier alpha value is -0.950. The van der Waals surface area contributed by atoms with Gasteiger partial charge in [0.05, 0.1) is 36.9 Å². The van der Waals surface area contributed by atoms with Crippen LogP contribution in [0, 0.1) is 0 Å². The molecule has 2 heterocycles. The zero-order chi connectivity index (χ0) is 13.2. The molecule has 5 nitrogen and oxygen atoms in total. The number of aliphatic hydroxyl groups excluding tert-OH is 1. The fraction of sp³-hybridized carbons (Fsp3) is 0.462. The summed E-state index contributed by atoms with van der Waals surface area (Å²) >= 11 is 3.45. The molecule has 0 spiro atoms. The molecule has 2 N–H and O–H groups in total. The monoisotopic (exact) mass is 325 g/mol. The van der Waals surface area contributed by atoms with Gasteiger partial charge in [-0.3, -0.25) is 4.90 Å². The first-order chi connectivity index (χ1) is 9.24. The normalized spacial score (nSPS) is 21.1. The Morgan fingerprint density at radius 2 is 2.42 bits per heavy atom. The minimum absolute atomic E-state index is 0.0730. The maximum absolute atomic E-state index is 9.14. The lowest BCUT2D eigenvalue weighted by molar-refractivity contribution is -0.0556. The number of morpholine rings is 1. The van der Waals surface area contributed by atoms with Crippen molar-refractivity contribution in [2.75, 3.05) is 26.3 Å². The van der Waals surface area contributed by atoms with Crippen LogP contribution >= 0.6 is 15.9 Å². The minimum atomic E-state index is -0.0766. The van der Waals surface area contributed by atoms with Crippen LogP contribution in [0.2, 0.25) is 0 Å². The molecular weight excluding hydrogens is 310 g/mol. The number of rotatable bonds is 3. The molecule has 1 aliphatic heterocycles. The summed E-state index contributed by atoms with van der Waals surface area (Å²) in [5.41, 5.74) is 2.02. The van der Waals surface area contributed by atoms with Gasteiger partial charge in [0, 0.05) is 17.6 Å². The predicted molar refractivity (Wildman–Crippen MR) is 75.9 cm³/mol. The highest BCUT2D eigenvalue weighted by atomic mass is 79.9. The molecule has 19 heavy (non-hydrogen) atoms. The number of ether oxygens (including phenoxy) is 1. The van der Waals surface area contributed by atoms with E-state index < -0.39 is 0 Å². The second-order valence-electron chi connectivity index (χ2n) is 4.76. The molecule has 1 saturated heterocycles. The van der Waals surface area contributed by atoms with E-state index in [0.29, 0.717) is 6.61 Å². The Kier molecular flexibility index (Phi) is 3.83. The molecule has 1 aromatic carbocycles. The van der Waals surface area contributed by atoms with Crippen molar-refractivity contribution in [3.05, 3.63) is 28.5 Å². The highest BCUT2D eigenvalue weighted by Gasteiger charge is 2.20. The maximum atomic E-state index is 9.14. The summed E-state index contributed by atoms with van der Waals surface area (Å²) in [6.45, 7) is 3.11. The van der Waals surface area contributed by atoms with Crippen molar-refractivity contribution in [3.63, 3.8) is 0 Å². The molecule has 102 valence electrons. The third-order valence-electron chi connectivity index (χ3n) is 3.29. The Balaban J connectivity index is 1.74. The van der Waals surface area contributed by atoms with E-state index in [9.17, 15) is 0 Å². The molecule has 0 saturated carbocycles. The molecule has 0 amide bonds. The van der Waals surface area contributed by atoms with Crippen LogP contribution in [0.1, 0.15) is 5.82 Å². The zero-order valence-corrected chi connectivity index (χ0v) is 12.1. The van der Waals surface area contributed by atoms with Crippen LogP contribution in [0.25, 0.3) is 11.0 Å². The maximum Gasteiger partial charge on any atom is 0.121 e. The SMILES string of the molecule is OCC1CN(Cc2nc3ccc(Br)cc3[nH]2)CCO1. The standard InChI is InChI=1S/C13H16BrN3O2/c14-9-1-2-11-12(5-9)16-13(15-11)7-17-3-4-19-10(6-17)8-18/h1-2,5,10,18H,3-4,6-8H2,(H,15,16). The van der Waals surface area contributed by atoms with Crippen molar-refractivity contribution in [2.24, 2.45) is 0 Å². The third-order valence-corrected chi connectivity index (χ3v) is 3.79. The van der Waals surface area contributed by atoms with E-state index in [1.165, 1.54) is 0 Å². The fourth-order valence-corrected chi connectivity index (χ4v) is 2.72. The summed E-state index contributed by atoms with van der Waals surface area (Å²) in [5, 5.41) is 9.14. The number of aromatic amines is 1. The molecule has 1 unspecified atom stereocenters. The highest BCUT2D eigenvalue weighted by Crippen LogP contribution is 2.18. The zero-order valence-electron chi connectivity index (χ0n) is 10.5. The molecule has 0 aliphatic carbocycles. The summed E-state index contributed by atoms with van der Waals surface area (Å²) < 4.78 is 6.48. The van der Waals surface area contributed by atoms with Gasteiger partial charge in [0.2, 0.25) is 0 Å². The molecule has 1 fully saturated rings. The molecule has 1 atom stereocenters. The highest BCUT2D eigenvalue weighted by molar-refractivity contribution is 9.10. The van der Waals surface area contributed by atoms with Crippen molar-refractivity contribution in [1.82, 2.24) is 14.9 Å². The van der Waals surface area contributed by atoms with E-state index in [2.05, 4.69) is 30.8 Å². The Morgan fingerprint density at radius 3 is 3.26 bits per heavy atom. The van der Waals surface area contributed by atoms with Gasteiger partial charge >= 0.3 is 0 Å². The topological polar surface area (TPSA) is 61.4 Å². The second-order valence-corrected chi connectivity index (χ2v) is 5.67. The van der Waals surface area contributed by atoms with Crippen LogP contribution in [0.5, 0.6) is 0 Å². The smallest absolute Gasteiger partial charge is 0.121 e. The van der Waals surface area contributed by atoms with E-state index in [1.54, 1.807) is 0 Å². The first-order valence-electron chi connectivity index (χ1n) is 6.33. The first-order valence-corrected chi connectivity index (χ1v) is 7.13. The third kappa shape index (κ3) is 2.97. The first kappa shape index (κ1) is 13.1. The van der Waals surface area contributed by atoms with Gasteiger partial charge < -0.3 is 14.8 Å². The summed E-state index contributed by atoms with van der Waals surface area (Å²) in [4.78, 5) is 10.2. The van der Waals surface area contributed by atoms with Gasteiger partial charge in [-0.05, 0) is 18.2 Å². The molecule has 2 aromatic rings. The van der Waals surface area contributed by atoms with E-state index in [4.69, 9.17) is 9.84 Å². The van der Waals surface area contributed by atoms with Gasteiger partial charge in [0.15, 0.2) is 0 Å². The lowest BCUT2D eigenvalue weighted by Crippen LogP contribution is -2.43. The van der Waals surface area contributed by atoms with E-state index in [-0.39, 0.29) is 12.7 Å². The van der Waals surface area contributed by atoms with Crippen LogP contribution in [0.15, 0.2) is 22.7 Å². The molecule has 0 bridgehead atoms. The van der Waals surface area contributed by atoms with Crippen molar-refractivity contribution in [1.29, 1.82) is 0 Å². The number of aromatic nitrogens is 2. The largest absolute Gasteiger partial charge is 0.394 e. The number of hydrogen-bond acceptors (Lipinski definition) is 4. The summed E-state index contributed by atoms with van der Waals surface area (Å²) in [5.74, 6) is 0.951. The van der Waals surface area contributed by atoms with Crippen LogP contribution < -0.4 is 0 Å². The van der Waals surface area contributed by atoms with Gasteiger partial charge in [0.25, 0.3) is 0 Å². The molecule has 1 aromatic heterocycles. The van der Waals surface area contributed by atoms with Crippen molar-refractivity contribution >= 4 is 27.0 Å². The summed E-state index contributed by atoms with van der Waals surface area (Å²) in [7, 11) is 0. The van der Waals surface area contributed by atoms with Gasteiger partial charge in [-0.2, -0.15) is 0 Å². The lowest BCUT2D eigenvalue weighted by Gasteiger charge is -2.31. The fourth-order valence-electron chi connectivity index (χ4n) is 2.36. The average Bonchev–Trinajstić information content (AvgIpc) is 2.80. The number of hydrogen-bond donors (Lipinski definition) is 2. The van der Waals surface area contributed by atoms with Crippen molar-refractivity contribution < 1.29 is 9.84 Å². The number of imidazole rings is 1. The number of H-pyrrole nitrogens is 1. The average molecular weight is 326 g/mol. The molecule has 0 radical (unpaired) electrons. The molecule has 6 heteroatoms. The Bertz CT molecular complexity index is 572. The van der Waals surface area contributed by atoms with Crippen LogP contribution in [-0.4, -0.2) is 52.4 Å². The lowest BCUT2D eigenvalue weighted by atomic mass is 10.3. The van der Waals surface area contributed by atoms with Gasteiger partial charge in [-0.15, -0.1) is 0 Å². The molecular formula is C13H16BrN3O2. The van der Waals surface area contributed by atoms with Gasteiger partial charge in [-0.25, -0.2) is 4.98 Å². The van der Waals surface area contributed by atoms with E-state index >= 15 is 0 Å². The number of nitrogens with zero attached hydrogens (tertiary/aromatic N) is 2. The minimum Gasteiger partial charge on any atom is -0.394 e. The molecule has 3 rings (SSSR count). The quantitative estimate of drug-likeness (QED) is 0.898. The number of halogens is 1. The van der Waals surface area contributed by atoms with Crippen LogP contribution in [0.4, 0.5) is 0 Å². The number of benzene rings is 1. The van der Waals surface area contributed by atoms with E-state index in [0.717, 1.165) is 41.0 Å². The van der Waals surface area contributed by atoms with Gasteiger partial charge in [-0.1, -0.05) is 15.9 Å². The number of fused-ring (bicyclic) bond motifs is 1. The van der Waals surface area contributed by atoms with E-state index in [1.807, 2.05) is 18.2 Å². The van der Waals surface area contributed by atoms with Gasteiger partial charge in [0.1, 0.15) is 5.82 Å². The Morgan fingerprint density at radius 1 is 1.53 bits per heavy atom. The summed E-state index contributed by atoms with van der Waals surface area (Å²) in [6, 6.07) is 6.01. The number of aliphatic hydroxyl groups is 1. The van der Waals surface area contributed by atoms with Crippen molar-refractivity contribution in [2.45, 2.75) is 12.6 Å².